The van der Waals surface area contributed by atoms with E-state index in [1.165, 1.54) is 20.2 Å². The Balaban J connectivity index is 1.94. The SMILES string of the molecule is CN(C(=O)c1ccc(C(F)(F)F)cc1)C(Nc1cc(F)cc(Cl)c1)Nc1cc(C(F)(F)F)nn1C. The summed E-state index contributed by atoms with van der Waals surface area (Å²) in [5.41, 5.74) is -2.23. The third kappa shape index (κ3) is 6.35. The molecule has 6 nitrogen and oxygen atoms in total. The van der Waals surface area contributed by atoms with Gasteiger partial charge in [0, 0.05) is 36.4 Å². The van der Waals surface area contributed by atoms with E-state index in [0.29, 0.717) is 6.07 Å². The van der Waals surface area contributed by atoms with Gasteiger partial charge < -0.3 is 15.5 Å². The smallest absolute Gasteiger partial charge is 0.348 e. The third-order valence-corrected chi connectivity index (χ3v) is 5.01. The van der Waals surface area contributed by atoms with Crippen LogP contribution in [0, 0.1) is 5.82 Å². The van der Waals surface area contributed by atoms with Crippen molar-refractivity contribution in [2.75, 3.05) is 17.7 Å². The number of carbonyl (C=O) groups is 1. The minimum absolute atomic E-state index is 0.00265. The second kappa shape index (κ2) is 9.64. The lowest BCUT2D eigenvalue weighted by atomic mass is 10.1. The predicted octanol–water partition coefficient (Wildman–Crippen LogP) is 5.83. The maximum atomic E-state index is 13.8. The molecule has 1 amide bonds. The van der Waals surface area contributed by atoms with Gasteiger partial charge in [0.05, 0.1) is 5.56 Å². The number of hydrogen-bond donors (Lipinski definition) is 2. The molecule has 0 fully saturated rings. The summed E-state index contributed by atoms with van der Waals surface area (Å²) in [7, 11) is 2.47. The minimum Gasteiger partial charge on any atom is -0.348 e. The third-order valence-electron chi connectivity index (χ3n) is 4.79. The lowest BCUT2D eigenvalue weighted by Crippen LogP contribution is -2.47. The Labute approximate surface area is 199 Å². The Kier molecular flexibility index (Phi) is 7.20. The quantitative estimate of drug-likeness (QED) is 0.315. The van der Waals surface area contributed by atoms with Crippen LogP contribution in [-0.4, -0.2) is 33.9 Å². The largest absolute Gasteiger partial charge is 0.435 e. The topological polar surface area (TPSA) is 62.2 Å². The number of amides is 1. The predicted molar refractivity (Wildman–Crippen MR) is 114 cm³/mol. The maximum absolute atomic E-state index is 13.8. The van der Waals surface area contributed by atoms with E-state index in [2.05, 4.69) is 15.7 Å². The van der Waals surface area contributed by atoms with Crippen molar-refractivity contribution in [2.45, 2.75) is 18.6 Å². The number of benzene rings is 2. The van der Waals surface area contributed by atoms with E-state index in [1.54, 1.807) is 0 Å². The molecule has 1 heterocycles. The zero-order chi connectivity index (χ0) is 26.1. The summed E-state index contributed by atoms with van der Waals surface area (Å²) in [5.74, 6) is -1.68. The molecule has 1 unspecified atom stereocenters. The van der Waals surface area contributed by atoms with Crippen LogP contribution in [0.5, 0.6) is 0 Å². The number of aryl methyl sites for hydroxylation is 1. The van der Waals surface area contributed by atoms with Crippen molar-refractivity contribution in [1.82, 2.24) is 14.7 Å². The van der Waals surface area contributed by atoms with E-state index in [-0.39, 0.29) is 22.1 Å². The van der Waals surface area contributed by atoms with Crippen molar-refractivity contribution in [2.24, 2.45) is 7.05 Å². The van der Waals surface area contributed by atoms with Crippen LogP contribution in [0.15, 0.2) is 48.5 Å². The molecular weight excluding hydrogens is 507 g/mol. The summed E-state index contributed by atoms with van der Waals surface area (Å²) in [5, 5.41) is 8.78. The molecule has 3 rings (SSSR count). The lowest BCUT2D eigenvalue weighted by molar-refractivity contribution is -0.141. The molecule has 0 aliphatic rings. The van der Waals surface area contributed by atoms with E-state index in [0.717, 1.165) is 46.0 Å². The number of carbonyl (C=O) groups excluding carboxylic acids is 1. The van der Waals surface area contributed by atoms with Gasteiger partial charge in [0.15, 0.2) is 12.0 Å². The molecule has 2 N–H and O–H groups in total. The molecule has 2 aromatic carbocycles. The zero-order valence-corrected chi connectivity index (χ0v) is 18.7. The standard InChI is InChI=1S/C21H17ClF7N5O/c1-33(18(35)11-3-5-12(6-4-11)20(24,25)26)19(30-15-8-13(22)7-14(23)9-15)31-17-10-16(21(27,28)29)32-34(17)2/h3-10,19,30-31H,1-2H3. The van der Waals surface area contributed by atoms with Crippen molar-refractivity contribution in [3.8, 4) is 0 Å². The van der Waals surface area contributed by atoms with Crippen LogP contribution >= 0.6 is 11.6 Å². The molecule has 1 atom stereocenters. The van der Waals surface area contributed by atoms with Crippen LogP contribution in [-0.2, 0) is 19.4 Å². The molecule has 0 radical (unpaired) electrons. The van der Waals surface area contributed by atoms with E-state index in [4.69, 9.17) is 11.6 Å². The van der Waals surface area contributed by atoms with E-state index in [1.807, 2.05) is 0 Å². The minimum atomic E-state index is -4.74. The first-order chi connectivity index (χ1) is 16.1. The number of nitrogens with zero attached hydrogens (tertiary/aromatic N) is 3. The molecule has 0 bridgehead atoms. The van der Waals surface area contributed by atoms with Gasteiger partial charge in [-0.15, -0.1) is 0 Å². The number of halogens is 8. The molecule has 188 valence electrons. The Morgan fingerprint density at radius 2 is 1.63 bits per heavy atom. The Hall–Kier alpha value is -3.48. The van der Waals surface area contributed by atoms with Crippen LogP contribution in [0.4, 0.5) is 42.2 Å². The highest BCUT2D eigenvalue weighted by Gasteiger charge is 2.35. The zero-order valence-electron chi connectivity index (χ0n) is 18.0. The summed E-state index contributed by atoms with van der Waals surface area (Å²) in [6.45, 7) is 0. The van der Waals surface area contributed by atoms with Crippen LogP contribution in [0.25, 0.3) is 0 Å². The fraction of sp³-hybridized carbons (Fsp3) is 0.238. The van der Waals surface area contributed by atoms with Gasteiger partial charge in [-0.3, -0.25) is 9.48 Å². The van der Waals surface area contributed by atoms with Gasteiger partial charge in [0.2, 0.25) is 0 Å². The van der Waals surface area contributed by atoms with Gasteiger partial charge in [-0.25, -0.2) is 4.39 Å². The van der Waals surface area contributed by atoms with Crippen LogP contribution in [0.1, 0.15) is 21.6 Å². The lowest BCUT2D eigenvalue weighted by Gasteiger charge is -2.31. The van der Waals surface area contributed by atoms with Crippen LogP contribution in [0.2, 0.25) is 5.02 Å². The molecule has 0 spiro atoms. The number of hydrogen-bond acceptors (Lipinski definition) is 4. The fourth-order valence-electron chi connectivity index (χ4n) is 3.03. The second-order valence-corrected chi connectivity index (χ2v) is 7.81. The molecule has 0 saturated carbocycles. The van der Waals surface area contributed by atoms with Crippen molar-refractivity contribution < 1.29 is 35.5 Å². The first-order valence-electron chi connectivity index (χ1n) is 9.70. The number of nitrogens with one attached hydrogen (secondary N) is 2. The van der Waals surface area contributed by atoms with Gasteiger partial charge >= 0.3 is 12.4 Å². The number of aromatic nitrogens is 2. The summed E-state index contributed by atoms with van der Waals surface area (Å²) in [4.78, 5) is 13.9. The van der Waals surface area contributed by atoms with Crippen LogP contribution < -0.4 is 10.6 Å². The number of rotatable bonds is 6. The maximum Gasteiger partial charge on any atom is 0.435 e. The highest BCUT2D eigenvalue weighted by Crippen LogP contribution is 2.31. The van der Waals surface area contributed by atoms with E-state index in [9.17, 15) is 35.5 Å². The summed E-state index contributed by atoms with van der Waals surface area (Å²) < 4.78 is 92.4. The van der Waals surface area contributed by atoms with Gasteiger partial charge in [0.25, 0.3) is 5.91 Å². The Morgan fingerprint density at radius 1 is 1.00 bits per heavy atom. The molecule has 0 aliphatic carbocycles. The average molecular weight is 524 g/mol. The molecule has 14 heteroatoms. The monoisotopic (exact) mass is 523 g/mol. The first kappa shape index (κ1) is 26.1. The first-order valence-corrected chi connectivity index (χ1v) is 10.1. The Morgan fingerprint density at radius 3 is 2.14 bits per heavy atom. The van der Waals surface area contributed by atoms with Gasteiger partial charge in [0.1, 0.15) is 11.6 Å². The fourth-order valence-corrected chi connectivity index (χ4v) is 3.25. The van der Waals surface area contributed by atoms with Gasteiger partial charge in [-0.2, -0.15) is 31.4 Å². The molecular formula is C21H17ClF7N5O. The van der Waals surface area contributed by atoms with Crippen molar-refractivity contribution >= 4 is 29.0 Å². The van der Waals surface area contributed by atoms with Crippen molar-refractivity contribution in [3.63, 3.8) is 0 Å². The van der Waals surface area contributed by atoms with Crippen molar-refractivity contribution in [1.29, 1.82) is 0 Å². The molecule has 35 heavy (non-hydrogen) atoms. The number of anilines is 2. The van der Waals surface area contributed by atoms with Crippen LogP contribution in [0.3, 0.4) is 0 Å². The average Bonchev–Trinajstić information content (AvgIpc) is 3.12. The molecule has 1 aromatic heterocycles. The molecule has 3 aromatic rings. The van der Waals surface area contributed by atoms with Gasteiger partial charge in [-0.05, 0) is 42.5 Å². The Bertz CT molecular complexity index is 1190. The normalized spacial score (nSPS) is 12.9. The summed E-state index contributed by atoms with van der Waals surface area (Å²) in [6.07, 6.45) is -10.6. The van der Waals surface area contributed by atoms with E-state index >= 15 is 0 Å². The van der Waals surface area contributed by atoms with Gasteiger partial charge in [-0.1, -0.05) is 11.6 Å². The van der Waals surface area contributed by atoms with Crippen molar-refractivity contribution in [3.05, 3.63) is 76.2 Å². The second-order valence-electron chi connectivity index (χ2n) is 7.38. The molecule has 0 saturated heterocycles. The van der Waals surface area contributed by atoms with E-state index < -0.39 is 41.6 Å². The summed E-state index contributed by atoms with van der Waals surface area (Å²) >= 11 is 5.85. The highest BCUT2D eigenvalue weighted by molar-refractivity contribution is 6.30. The highest BCUT2D eigenvalue weighted by atomic mass is 35.5. The summed E-state index contributed by atoms with van der Waals surface area (Å²) in [6, 6.07) is 7.42. The number of alkyl halides is 6. The molecule has 0 aliphatic heterocycles.